The highest BCUT2D eigenvalue weighted by Crippen LogP contribution is 2.49. The second-order valence-corrected chi connectivity index (χ2v) is 7.86. The van der Waals surface area contributed by atoms with E-state index in [1.807, 2.05) is 6.92 Å². The fourth-order valence-electron chi connectivity index (χ4n) is 1.69. The number of esters is 2. The van der Waals surface area contributed by atoms with Crippen LogP contribution in [-0.2, 0) is 37.2 Å². The van der Waals surface area contributed by atoms with Crippen LogP contribution in [0.15, 0.2) is 24.3 Å². The maximum absolute atomic E-state index is 12.7. The molecule has 0 aliphatic heterocycles. The van der Waals surface area contributed by atoms with E-state index in [0.717, 1.165) is 19.3 Å². The summed E-state index contributed by atoms with van der Waals surface area (Å²) in [6.07, 6.45) is 3.34. The van der Waals surface area contributed by atoms with Crippen LogP contribution in [0.25, 0.3) is 0 Å². The van der Waals surface area contributed by atoms with Crippen LogP contribution in [0, 0.1) is 0 Å². The standard InChI is InChI=1S/C19H33O8P/c1-6-7-8-13-25-28(22,26-14-9-11-23-18(20)16(2)3)27-15-10-12-24-19(21)17(4)5/h2,4,6-15H2,1,3,5H3. The summed E-state index contributed by atoms with van der Waals surface area (Å²) in [6, 6.07) is 0. The van der Waals surface area contributed by atoms with E-state index in [1.54, 1.807) is 13.8 Å². The zero-order chi connectivity index (χ0) is 21.4. The van der Waals surface area contributed by atoms with Crippen LogP contribution in [0.1, 0.15) is 52.9 Å². The summed E-state index contributed by atoms with van der Waals surface area (Å²) in [5, 5.41) is 0. The molecular weight excluding hydrogens is 387 g/mol. The maximum atomic E-state index is 12.7. The van der Waals surface area contributed by atoms with E-state index in [9.17, 15) is 14.2 Å². The van der Waals surface area contributed by atoms with E-state index < -0.39 is 19.8 Å². The molecule has 162 valence electrons. The van der Waals surface area contributed by atoms with Crippen molar-refractivity contribution in [3.8, 4) is 0 Å². The van der Waals surface area contributed by atoms with Gasteiger partial charge in [0, 0.05) is 24.0 Å². The van der Waals surface area contributed by atoms with Crippen LogP contribution < -0.4 is 0 Å². The number of hydrogen-bond donors (Lipinski definition) is 0. The Bertz CT molecular complexity index is 518. The number of carbonyl (C=O) groups excluding carboxylic acids is 2. The third-order valence-corrected chi connectivity index (χ3v) is 4.73. The van der Waals surface area contributed by atoms with Crippen LogP contribution in [-0.4, -0.2) is 45.0 Å². The second-order valence-electron chi connectivity index (χ2n) is 6.19. The minimum atomic E-state index is -3.74. The molecule has 0 unspecified atom stereocenters. The summed E-state index contributed by atoms with van der Waals surface area (Å²) < 4.78 is 38.5. The molecule has 0 aliphatic carbocycles. The molecule has 0 rings (SSSR count). The van der Waals surface area contributed by atoms with Crippen molar-refractivity contribution in [2.45, 2.75) is 52.9 Å². The van der Waals surface area contributed by atoms with Gasteiger partial charge in [-0.15, -0.1) is 0 Å². The van der Waals surface area contributed by atoms with Crippen molar-refractivity contribution in [3.05, 3.63) is 24.3 Å². The second kappa shape index (κ2) is 15.5. The van der Waals surface area contributed by atoms with E-state index in [0.29, 0.717) is 24.0 Å². The van der Waals surface area contributed by atoms with Gasteiger partial charge >= 0.3 is 19.8 Å². The highest BCUT2D eigenvalue weighted by atomic mass is 31.2. The van der Waals surface area contributed by atoms with E-state index >= 15 is 0 Å². The predicted molar refractivity (Wildman–Crippen MR) is 106 cm³/mol. The van der Waals surface area contributed by atoms with Gasteiger partial charge in [-0.05, 0) is 20.3 Å². The quantitative estimate of drug-likeness (QED) is 0.148. The summed E-state index contributed by atoms with van der Waals surface area (Å²) in [4.78, 5) is 22.6. The number of hydrogen-bond acceptors (Lipinski definition) is 8. The van der Waals surface area contributed by atoms with Crippen molar-refractivity contribution in [1.29, 1.82) is 0 Å². The van der Waals surface area contributed by atoms with Crippen LogP contribution in [0.2, 0.25) is 0 Å². The van der Waals surface area contributed by atoms with E-state index in [1.165, 1.54) is 0 Å². The summed E-state index contributed by atoms with van der Waals surface area (Å²) in [5.41, 5.74) is 0.614. The van der Waals surface area contributed by atoms with Gasteiger partial charge in [0.25, 0.3) is 0 Å². The minimum absolute atomic E-state index is 0.0408. The molecule has 8 nitrogen and oxygen atoms in total. The van der Waals surface area contributed by atoms with Gasteiger partial charge in [0.05, 0.1) is 33.0 Å². The number of carbonyl (C=O) groups is 2. The molecule has 0 radical (unpaired) electrons. The number of rotatable bonds is 17. The van der Waals surface area contributed by atoms with Gasteiger partial charge in [-0.25, -0.2) is 14.2 Å². The molecule has 0 aromatic rings. The van der Waals surface area contributed by atoms with Gasteiger partial charge in [-0.2, -0.15) is 0 Å². The lowest BCUT2D eigenvalue weighted by Gasteiger charge is -2.18. The SMILES string of the molecule is C=C(C)C(=O)OCCCOP(=O)(OCCCCC)OCCCOC(=O)C(=C)C. The maximum Gasteiger partial charge on any atom is 0.474 e. The summed E-state index contributed by atoms with van der Waals surface area (Å²) in [7, 11) is -3.74. The van der Waals surface area contributed by atoms with Gasteiger partial charge in [-0.3, -0.25) is 13.6 Å². The highest BCUT2D eigenvalue weighted by molar-refractivity contribution is 7.48. The first-order valence-electron chi connectivity index (χ1n) is 9.40. The Kier molecular flexibility index (Phi) is 14.6. The Morgan fingerprint density at radius 2 is 1.11 bits per heavy atom. The first-order valence-corrected chi connectivity index (χ1v) is 10.9. The molecule has 28 heavy (non-hydrogen) atoms. The molecule has 0 saturated carbocycles. The Balaban J connectivity index is 4.28. The first kappa shape index (κ1) is 26.5. The highest BCUT2D eigenvalue weighted by Gasteiger charge is 2.26. The fourth-order valence-corrected chi connectivity index (χ4v) is 2.97. The van der Waals surface area contributed by atoms with Gasteiger partial charge in [0.1, 0.15) is 0 Å². The third kappa shape index (κ3) is 13.7. The molecule has 9 heteroatoms. The molecule has 0 amide bonds. The molecule has 0 atom stereocenters. The molecule has 0 heterocycles. The molecule has 0 N–H and O–H groups in total. The minimum Gasteiger partial charge on any atom is -0.462 e. The topological polar surface area (TPSA) is 97.4 Å². The summed E-state index contributed by atoms with van der Waals surface area (Å²) in [6.45, 7) is 12.7. The lowest BCUT2D eigenvalue weighted by atomic mass is 10.3. The van der Waals surface area contributed by atoms with Crippen molar-refractivity contribution in [1.82, 2.24) is 0 Å². The average molecular weight is 420 g/mol. The Morgan fingerprint density at radius 3 is 1.46 bits per heavy atom. The number of unbranched alkanes of at least 4 members (excludes halogenated alkanes) is 2. The lowest BCUT2D eigenvalue weighted by molar-refractivity contribution is -0.140. The largest absolute Gasteiger partial charge is 0.474 e. The summed E-state index contributed by atoms with van der Waals surface area (Å²) in [5.74, 6) is -0.973. The molecule has 0 fully saturated rings. The molecule has 0 aromatic heterocycles. The smallest absolute Gasteiger partial charge is 0.462 e. The zero-order valence-corrected chi connectivity index (χ0v) is 18.1. The molecule has 0 bridgehead atoms. The Morgan fingerprint density at radius 1 is 0.714 bits per heavy atom. The first-order chi connectivity index (χ1) is 13.2. The predicted octanol–water partition coefficient (Wildman–Crippen LogP) is 4.35. The van der Waals surface area contributed by atoms with Crippen LogP contribution >= 0.6 is 7.82 Å². The monoisotopic (exact) mass is 420 g/mol. The number of phosphoric ester groups is 1. The number of ether oxygens (including phenoxy) is 2. The van der Waals surface area contributed by atoms with E-state index in [-0.39, 0.29) is 33.0 Å². The van der Waals surface area contributed by atoms with E-state index in [2.05, 4.69) is 13.2 Å². The van der Waals surface area contributed by atoms with Gasteiger partial charge < -0.3 is 9.47 Å². The average Bonchev–Trinajstić information content (AvgIpc) is 2.64. The molecule has 0 aromatic carbocycles. The van der Waals surface area contributed by atoms with Crippen molar-refractivity contribution in [2.24, 2.45) is 0 Å². The van der Waals surface area contributed by atoms with Crippen molar-refractivity contribution in [3.63, 3.8) is 0 Å². The van der Waals surface area contributed by atoms with Crippen molar-refractivity contribution >= 4 is 19.8 Å². The van der Waals surface area contributed by atoms with Crippen LogP contribution in [0.5, 0.6) is 0 Å². The van der Waals surface area contributed by atoms with Gasteiger partial charge in [0.15, 0.2) is 0 Å². The van der Waals surface area contributed by atoms with Crippen LogP contribution in [0.3, 0.4) is 0 Å². The van der Waals surface area contributed by atoms with Crippen molar-refractivity contribution < 1.29 is 37.2 Å². The van der Waals surface area contributed by atoms with E-state index in [4.69, 9.17) is 23.0 Å². The summed E-state index contributed by atoms with van der Waals surface area (Å²) >= 11 is 0. The fraction of sp³-hybridized carbons (Fsp3) is 0.684. The lowest BCUT2D eigenvalue weighted by Crippen LogP contribution is -2.10. The van der Waals surface area contributed by atoms with Gasteiger partial charge in [-0.1, -0.05) is 32.9 Å². The molecular formula is C19H33O8P. The molecule has 0 aliphatic rings. The Hall–Kier alpha value is -1.47. The Labute approximate surface area is 167 Å². The third-order valence-electron chi connectivity index (χ3n) is 3.24. The van der Waals surface area contributed by atoms with Crippen molar-refractivity contribution in [2.75, 3.05) is 33.0 Å². The zero-order valence-electron chi connectivity index (χ0n) is 17.2. The normalized spacial score (nSPS) is 11.1. The molecule has 0 spiro atoms. The van der Waals surface area contributed by atoms with Gasteiger partial charge in [0.2, 0.25) is 0 Å². The molecule has 0 saturated heterocycles. The van der Waals surface area contributed by atoms with Crippen LogP contribution in [0.4, 0.5) is 0 Å². The number of phosphoric acid groups is 1.